The minimum Gasteiger partial charge on any atom is -0.504 e. The molecular formula is C19H21NO3. The molecule has 0 unspecified atom stereocenters. The number of phenols is 1. The summed E-state index contributed by atoms with van der Waals surface area (Å²) in [5, 5.41) is 10.1. The largest absolute Gasteiger partial charge is 0.504 e. The average Bonchev–Trinajstić information content (AvgIpc) is 2.53. The van der Waals surface area contributed by atoms with Crippen molar-refractivity contribution in [3.63, 3.8) is 0 Å². The van der Waals surface area contributed by atoms with Crippen LogP contribution >= 0.6 is 0 Å². The van der Waals surface area contributed by atoms with Gasteiger partial charge >= 0.3 is 0 Å². The molecular weight excluding hydrogens is 290 g/mol. The van der Waals surface area contributed by atoms with Gasteiger partial charge in [-0.25, -0.2) is 0 Å². The molecule has 0 heterocycles. The van der Waals surface area contributed by atoms with Crippen molar-refractivity contribution in [3.8, 4) is 11.5 Å². The number of carbonyl (C=O) groups excluding carboxylic acids is 1. The van der Waals surface area contributed by atoms with Crippen molar-refractivity contribution in [1.29, 1.82) is 0 Å². The number of hydrogen-bond acceptors (Lipinski definition) is 4. The van der Waals surface area contributed by atoms with Crippen LogP contribution in [0.5, 0.6) is 11.5 Å². The maximum Gasteiger partial charge on any atom is 0.185 e. The van der Waals surface area contributed by atoms with Gasteiger partial charge in [0.25, 0.3) is 0 Å². The zero-order chi connectivity index (χ0) is 16.8. The monoisotopic (exact) mass is 311 g/mol. The van der Waals surface area contributed by atoms with Crippen LogP contribution in [0, 0.1) is 0 Å². The normalized spacial score (nSPS) is 10.9. The zero-order valence-corrected chi connectivity index (χ0v) is 13.4. The van der Waals surface area contributed by atoms with Gasteiger partial charge in [0.15, 0.2) is 17.3 Å². The number of nitrogens with two attached hydrogens (primary N) is 1. The molecule has 2 aromatic carbocycles. The molecule has 23 heavy (non-hydrogen) atoms. The van der Waals surface area contributed by atoms with Crippen LogP contribution in [0.25, 0.3) is 6.08 Å². The minimum atomic E-state index is -0.132. The van der Waals surface area contributed by atoms with E-state index < -0.39 is 0 Å². The molecule has 0 radical (unpaired) electrons. The van der Waals surface area contributed by atoms with E-state index in [9.17, 15) is 9.90 Å². The van der Waals surface area contributed by atoms with E-state index in [0.29, 0.717) is 22.6 Å². The van der Waals surface area contributed by atoms with E-state index >= 15 is 0 Å². The Balaban J connectivity index is 2.30. The summed E-state index contributed by atoms with van der Waals surface area (Å²) in [4.78, 5) is 12.2. The Morgan fingerprint density at radius 3 is 2.57 bits per heavy atom. The summed E-state index contributed by atoms with van der Waals surface area (Å²) in [5.41, 5.74) is 8.48. The summed E-state index contributed by atoms with van der Waals surface area (Å²) < 4.78 is 5.23. The van der Waals surface area contributed by atoms with Crippen molar-refractivity contribution in [2.24, 2.45) is 0 Å². The first-order valence-electron chi connectivity index (χ1n) is 7.53. The van der Waals surface area contributed by atoms with Crippen molar-refractivity contribution in [1.82, 2.24) is 0 Å². The first-order chi connectivity index (χ1) is 11.0. The number of phenolic OH excluding ortho intramolecular Hbond substituents is 1. The topological polar surface area (TPSA) is 72.5 Å². The summed E-state index contributed by atoms with van der Waals surface area (Å²) in [6.45, 7) is 2.07. The molecule has 0 saturated heterocycles. The van der Waals surface area contributed by atoms with Crippen LogP contribution in [-0.2, 0) is 6.42 Å². The van der Waals surface area contributed by atoms with E-state index in [2.05, 4.69) is 6.92 Å². The van der Waals surface area contributed by atoms with Gasteiger partial charge in [-0.3, -0.25) is 4.79 Å². The molecule has 0 amide bonds. The number of anilines is 1. The van der Waals surface area contributed by atoms with Crippen molar-refractivity contribution < 1.29 is 14.6 Å². The van der Waals surface area contributed by atoms with Gasteiger partial charge in [0.1, 0.15) is 0 Å². The number of ketones is 1. The van der Waals surface area contributed by atoms with E-state index in [-0.39, 0.29) is 11.5 Å². The Kier molecular flexibility index (Phi) is 5.41. The van der Waals surface area contributed by atoms with E-state index in [1.54, 1.807) is 36.4 Å². The predicted molar refractivity (Wildman–Crippen MR) is 92.9 cm³/mol. The molecule has 2 aromatic rings. The fraction of sp³-hybridized carbons (Fsp3) is 0.211. The summed E-state index contributed by atoms with van der Waals surface area (Å²) in [5.74, 6) is 0.316. The molecule has 0 bridgehead atoms. The predicted octanol–water partition coefficient (Wildman–Crippen LogP) is 3.83. The van der Waals surface area contributed by atoms with Crippen LogP contribution in [0.2, 0.25) is 0 Å². The SMILES string of the molecule is CCCc1cc(O)c(OC)c(C=CC(=O)c2ccc(N)cc2)c1. The highest BCUT2D eigenvalue weighted by molar-refractivity contribution is 6.07. The molecule has 0 aliphatic heterocycles. The number of aryl methyl sites for hydroxylation is 1. The van der Waals surface area contributed by atoms with Gasteiger partial charge in [-0.2, -0.15) is 0 Å². The van der Waals surface area contributed by atoms with Crippen LogP contribution in [-0.4, -0.2) is 18.0 Å². The van der Waals surface area contributed by atoms with Gasteiger partial charge in [0, 0.05) is 16.8 Å². The molecule has 4 nitrogen and oxygen atoms in total. The van der Waals surface area contributed by atoms with Crippen LogP contribution in [0.1, 0.15) is 34.8 Å². The Hall–Kier alpha value is -2.75. The highest BCUT2D eigenvalue weighted by atomic mass is 16.5. The Labute approximate surface area is 136 Å². The quantitative estimate of drug-likeness (QED) is 0.483. The summed E-state index contributed by atoms with van der Waals surface area (Å²) in [6, 6.07) is 10.4. The summed E-state index contributed by atoms with van der Waals surface area (Å²) in [6.07, 6.45) is 4.96. The van der Waals surface area contributed by atoms with Crippen molar-refractivity contribution in [3.05, 3.63) is 59.2 Å². The fourth-order valence-corrected chi connectivity index (χ4v) is 2.38. The lowest BCUT2D eigenvalue weighted by Crippen LogP contribution is -1.96. The first-order valence-corrected chi connectivity index (χ1v) is 7.53. The number of aromatic hydroxyl groups is 1. The first kappa shape index (κ1) is 16.6. The number of methoxy groups -OCH3 is 1. The fourth-order valence-electron chi connectivity index (χ4n) is 2.38. The molecule has 0 fully saturated rings. The van der Waals surface area contributed by atoms with Crippen molar-refractivity contribution in [2.45, 2.75) is 19.8 Å². The maximum absolute atomic E-state index is 12.2. The molecule has 3 N–H and O–H groups in total. The molecule has 0 aliphatic carbocycles. The molecule has 4 heteroatoms. The number of rotatable bonds is 6. The van der Waals surface area contributed by atoms with Crippen LogP contribution in [0.15, 0.2) is 42.5 Å². The number of carbonyl (C=O) groups is 1. The number of hydrogen-bond donors (Lipinski definition) is 2. The maximum atomic E-state index is 12.2. The standard InChI is InChI=1S/C19H21NO3/c1-3-4-13-11-15(19(23-2)18(22)12-13)7-10-17(21)14-5-8-16(20)9-6-14/h5-12,22H,3-4,20H2,1-2H3. The third-order valence-corrected chi connectivity index (χ3v) is 3.51. The average molecular weight is 311 g/mol. The number of nitrogen functional groups attached to an aromatic ring is 1. The lowest BCUT2D eigenvalue weighted by atomic mass is 10.0. The zero-order valence-electron chi connectivity index (χ0n) is 13.4. The van der Waals surface area contributed by atoms with Gasteiger partial charge in [0.2, 0.25) is 0 Å². The van der Waals surface area contributed by atoms with Crippen LogP contribution < -0.4 is 10.5 Å². The van der Waals surface area contributed by atoms with Gasteiger partial charge in [-0.15, -0.1) is 0 Å². The molecule has 0 atom stereocenters. The molecule has 0 aliphatic rings. The second kappa shape index (κ2) is 7.49. The minimum absolute atomic E-state index is 0.0815. The molecule has 0 saturated carbocycles. The number of ether oxygens (including phenoxy) is 1. The van der Waals surface area contributed by atoms with Gasteiger partial charge < -0.3 is 15.6 Å². The highest BCUT2D eigenvalue weighted by Gasteiger charge is 2.09. The smallest absolute Gasteiger partial charge is 0.185 e. The molecule has 0 spiro atoms. The summed E-state index contributed by atoms with van der Waals surface area (Å²) in [7, 11) is 1.49. The Morgan fingerprint density at radius 2 is 1.96 bits per heavy atom. The number of allylic oxidation sites excluding steroid dienone is 1. The molecule has 120 valence electrons. The van der Waals surface area contributed by atoms with E-state index in [4.69, 9.17) is 10.5 Å². The molecule has 0 aromatic heterocycles. The van der Waals surface area contributed by atoms with Gasteiger partial charge in [0.05, 0.1) is 7.11 Å². The van der Waals surface area contributed by atoms with Crippen molar-refractivity contribution in [2.75, 3.05) is 12.8 Å². The van der Waals surface area contributed by atoms with Gasteiger partial charge in [-0.1, -0.05) is 13.3 Å². The Bertz CT molecular complexity index is 718. The Morgan fingerprint density at radius 1 is 1.26 bits per heavy atom. The second-order valence-electron chi connectivity index (χ2n) is 5.31. The molecule has 2 rings (SSSR count). The van der Waals surface area contributed by atoms with Crippen LogP contribution in [0.4, 0.5) is 5.69 Å². The lowest BCUT2D eigenvalue weighted by molar-refractivity contribution is 0.104. The highest BCUT2D eigenvalue weighted by Crippen LogP contribution is 2.33. The van der Waals surface area contributed by atoms with Gasteiger partial charge in [-0.05, 0) is 60.5 Å². The third kappa shape index (κ3) is 4.13. The third-order valence-electron chi connectivity index (χ3n) is 3.51. The van der Waals surface area contributed by atoms with Crippen molar-refractivity contribution >= 4 is 17.5 Å². The van der Waals surface area contributed by atoms with E-state index in [0.717, 1.165) is 18.4 Å². The lowest BCUT2D eigenvalue weighted by Gasteiger charge is -2.10. The van der Waals surface area contributed by atoms with E-state index in [1.807, 2.05) is 6.07 Å². The number of benzene rings is 2. The second-order valence-corrected chi connectivity index (χ2v) is 5.31. The van der Waals surface area contributed by atoms with Crippen LogP contribution in [0.3, 0.4) is 0 Å². The van der Waals surface area contributed by atoms with E-state index in [1.165, 1.54) is 13.2 Å². The summed E-state index contributed by atoms with van der Waals surface area (Å²) >= 11 is 0.